The number of nitrogens with one attached hydrogen (secondary N) is 1. The van der Waals surface area contributed by atoms with Gasteiger partial charge in [-0.15, -0.1) is 0 Å². The number of H-pyrrole nitrogens is 1. The van der Waals surface area contributed by atoms with Crippen molar-refractivity contribution in [2.24, 2.45) is 0 Å². The Morgan fingerprint density at radius 2 is 1.67 bits per heavy atom. The maximum atomic E-state index is 13.3. The average Bonchev–Trinajstić information content (AvgIpc) is 2.83. The lowest BCUT2D eigenvalue weighted by Gasteiger charge is -2.13. The monoisotopic (exact) mass is 459 g/mol. The standard InChI is InChI=1S/C25H18ClN3O4/c1-32-22-10-18(19(26)11-23(22)33-2)14-7-8-17-20(9-14)28-25(31)29(24(17)30)21-13-27-12-15-5-3-4-6-16(15)21/h3-13H,1-2H3,(H,28,31). The van der Waals surface area contributed by atoms with E-state index in [1.165, 1.54) is 20.4 Å². The molecule has 0 unspecified atom stereocenters. The largest absolute Gasteiger partial charge is 0.493 e. The molecule has 0 fully saturated rings. The molecule has 1 N–H and O–H groups in total. The summed E-state index contributed by atoms with van der Waals surface area (Å²) < 4.78 is 11.8. The molecule has 2 aromatic heterocycles. The van der Waals surface area contributed by atoms with E-state index in [1.54, 1.807) is 36.5 Å². The molecule has 0 bridgehead atoms. The van der Waals surface area contributed by atoms with Gasteiger partial charge in [-0.05, 0) is 23.8 Å². The van der Waals surface area contributed by atoms with E-state index in [2.05, 4.69) is 9.97 Å². The number of ether oxygens (including phenoxy) is 2. The van der Waals surface area contributed by atoms with Crippen LogP contribution in [0.4, 0.5) is 0 Å². The molecule has 164 valence electrons. The van der Waals surface area contributed by atoms with Crippen molar-refractivity contribution in [1.82, 2.24) is 14.5 Å². The minimum absolute atomic E-state index is 0.364. The Morgan fingerprint density at radius 1 is 0.909 bits per heavy atom. The number of hydrogen-bond acceptors (Lipinski definition) is 5. The van der Waals surface area contributed by atoms with Gasteiger partial charge in [0.15, 0.2) is 11.5 Å². The fourth-order valence-corrected chi connectivity index (χ4v) is 4.22. The summed E-state index contributed by atoms with van der Waals surface area (Å²) in [6.07, 6.45) is 3.21. The Labute approximate surface area is 192 Å². The van der Waals surface area contributed by atoms with Gasteiger partial charge < -0.3 is 14.5 Å². The highest BCUT2D eigenvalue weighted by Crippen LogP contribution is 2.38. The smallest absolute Gasteiger partial charge is 0.333 e. The van der Waals surface area contributed by atoms with Crippen molar-refractivity contribution in [1.29, 1.82) is 0 Å². The van der Waals surface area contributed by atoms with Gasteiger partial charge in [0.05, 0.1) is 42.0 Å². The zero-order valence-corrected chi connectivity index (χ0v) is 18.5. The molecule has 3 aromatic carbocycles. The second kappa shape index (κ2) is 8.11. The molecule has 0 saturated heterocycles. The van der Waals surface area contributed by atoms with Gasteiger partial charge in [-0.3, -0.25) is 9.78 Å². The van der Waals surface area contributed by atoms with E-state index in [4.69, 9.17) is 21.1 Å². The summed E-state index contributed by atoms with van der Waals surface area (Å²) in [6, 6.07) is 16.0. The molecule has 0 aliphatic heterocycles. The predicted octanol–water partition coefficient (Wildman–Crippen LogP) is 4.56. The number of benzene rings is 3. The molecular weight excluding hydrogens is 442 g/mol. The molecule has 0 aliphatic carbocycles. The van der Waals surface area contributed by atoms with Crippen LogP contribution in [0.5, 0.6) is 11.5 Å². The van der Waals surface area contributed by atoms with Crippen molar-refractivity contribution >= 4 is 33.3 Å². The summed E-state index contributed by atoms with van der Waals surface area (Å²) in [5.74, 6) is 1.02. The zero-order chi connectivity index (χ0) is 23.1. The molecule has 0 amide bonds. The van der Waals surface area contributed by atoms with E-state index in [1.807, 2.05) is 24.3 Å². The van der Waals surface area contributed by atoms with Crippen LogP contribution in [0.3, 0.4) is 0 Å². The number of pyridine rings is 1. The van der Waals surface area contributed by atoms with Crippen LogP contribution in [0.25, 0.3) is 38.5 Å². The molecule has 5 aromatic rings. The van der Waals surface area contributed by atoms with Crippen LogP contribution in [0, 0.1) is 0 Å². The molecule has 8 heteroatoms. The summed E-state index contributed by atoms with van der Waals surface area (Å²) in [4.78, 5) is 33.4. The van der Waals surface area contributed by atoms with E-state index in [0.29, 0.717) is 44.2 Å². The summed E-state index contributed by atoms with van der Waals surface area (Å²) in [5, 5.41) is 2.40. The van der Waals surface area contributed by atoms with Crippen molar-refractivity contribution in [3.8, 4) is 28.3 Å². The number of hydrogen-bond donors (Lipinski definition) is 1. The lowest BCUT2D eigenvalue weighted by molar-refractivity contribution is 0.355. The Morgan fingerprint density at radius 3 is 2.45 bits per heavy atom. The number of rotatable bonds is 4. The number of methoxy groups -OCH3 is 2. The summed E-state index contributed by atoms with van der Waals surface area (Å²) in [7, 11) is 3.07. The second-order valence-electron chi connectivity index (χ2n) is 7.40. The SMILES string of the molecule is COc1cc(Cl)c(-c2ccc3c(=O)n(-c4cncc5ccccc45)c(=O)[nH]c3c2)cc1OC. The highest BCUT2D eigenvalue weighted by atomic mass is 35.5. The van der Waals surface area contributed by atoms with Gasteiger partial charge in [-0.1, -0.05) is 41.9 Å². The third-order valence-corrected chi connectivity index (χ3v) is 5.88. The van der Waals surface area contributed by atoms with Crippen molar-refractivity contribution in [3.63, 3.8) is 0 Å². The fraction of sp³-hybridized carbons (Fsp3) is 0.0800. The third kappa shape index (κ3) is 3.43. The van der Waals surface area contributed by atoms with Gasteiger partial charge >= 0.3 is 5.69 Å². The highest BCUT2D eigenvalue weighted by molar-refractivity contribution is 6.33. The van der Waals surface area contributed by atoms with Gasteiger partial charge in [0, 0.05) is 28.6 Å². The summed E-state index contributed by atoms with van der Waals surface area (Å²) in [6.45, 7) is 0. The van der Waals surface area contributed by atoms with Crippen LogP contribution in [0.15, 0.2) is 76.6 Å². The van der Waals surface area contributed by atoms with Gasteiger partial charge in [0.25, 0.3) is 5.56 Å². The maximum Gasteiger partial charge on any atom is 0.333 e. The first-order chi connectivity index (χ1) is 16.0. The van der Waals surface area contributed by atoms with E-state index < -0.39 is 11.2 Å². The molecule has 5 rings (SSSR count). The normalized spacial score (nSPS) is 11.1. The molecule has 33 heavy (non-hydrogen) atoms. The maximum absolute atomic E-state index is 13.3. The van der Waals surface area contributed by atoms with Gasteiger partial charge in [-0.25, -0.2) is 9.36 Å². The average molecular weight is 460 g/mol. The van der Waals surface area contributed by atoms with Gasteiger partial charge in [-0.2, -0.15) is 0 Å². The molecule has 0 aliphatic rings. The molecule has 0 saturated carbocycles. The van der Waals surface area contributed by atoms with Crippen molar-refractivity contribution in [2.75, 3.05) is 14.2 Å². The minimum atomic E-state index is -0.554. The lowest BCUT2D eigenvalue weighted by Crippen LogP contribution is -2.33. The van der Waals surface area contributed by atoms with E-state index in [0.717, 1.165) is 15.3 Å². The fourth-order valence-electron chi connectivity index (χ4n) is 3.96. The van der Waals surface area contributed by atoms with Crippen molar-refractivity contribution < 1.29 is 9.47 Å². The molecule has 7 nitrogen and oxygen atoms in total. The number of aromatic nitrogens is 3. The quantitative estimate of drug-likeness (QED) is 0.425. The van der Waals surface area contributed by atoms with Crippen LogP contribution in [0.1, 0.15) is 0 Å². The number of halogens is 1. The van der Waals surface area contributed by atoms with E-state index in [-0.39, 0.29) is 0 Å². The topological polar surface area (TPSA) is 86.2 Å². The van der Waals surface area contributed by atoms with Crippen LogP contribution in [-0.4, -0.2) is 28.8 Å². The number of aromatic amines is 1. The van der Waals surface area contributed by atoms with Gasteiger partial charge in [0.2, 0.25) is 0 Å². The van der Waals surface area contributed by atoms with Crippen LogP contribution >= 0.6 is 11.6 Å². The minimum Gasteiger partial charge on any atom is -0.493 e. The van der Waals surface area contributed by atoms with E-state index in [9.17, 15) is 9.59 Å². The van der Waals surface area contributed by atoms with Crippen LogP contribution in [0.2, 0.25) is 5.02 Å². The van der Waals surface area contributed by atoms with Crippen LogP contribution in [-0.2, 0) is 0 Å². The van der Waals surface area contributed by atoms with Crippen LogP contribution < -0.4 is 20.7 Å². The lowest BCUT2D eigenvalue weighted by atomic mass is 10.0. The molecule has 0 radical (unpaired) electrons. The summed E-state index contributed by atoms with van der Waals surface area (Å²) >= 11 is 6.47. The first-order valence-corrected chi connectivity index (χ1v) is 10.4. The first kappa shape index (κ1) is 20.8. The summed E-state index contributed by atoms with van der Waals surface area (Å²) in [5.41, 5.74) is 1.23. The Balaban J connectivity index is 1.71. The molecule has 2 heterocycles. The first-order valence-electron chi connectivity index (χ1n) is 10.1. The molecule has 0 atom stereocenters. The van der Waals surface area contributed by atoms with Crippen molar-refractivity contribution in [3.05, 3.63) is 92.9 Å². The number of fused-ring (bicyclic) bond motifs is 2. The predicted molar refractivity (Wildman–Crippen MR) is 129 cm³/mol. The highest BCUT2D eigenvalue weighted by Gasteiger charge is 2.15. The second-order valence-corrected chi connectivity index (χ2v) is 7.81. The molecular formula is C25H18ClN3O4. The Hall–Kier alpha value is -4.10. The van der Waals surface area contributed by atoms with Gasteiger partial charge in [0.1, 0.15) is 0 Å². The third-order valence-electron chi connectivity index (χ3n) is 5.57. The van der Waals surface area contributed by atoms with Crippen molar-refractivity contribution in [2.45, 2.75) is 0 Å². The molecule has 0 spiro atoms. The van der Waals surface area contributed by atoms with E-state index >= 15 is 0 Å². The zero-order valence-electron chi connectivity index (χ0n) is 17.8. The number of nitrogens with zero attached hydrogens (tertiary/aromatic N) is 2. The Kier molecular flexibility index (Phi) is 5.11. The Bertz CT molecular complexity index is 1650.